The minimum atomic E-state index is -0.353. The third-order valence-electron chi connectivity index (χ3n) is 3.94. The molecule has 26 heavy (non-hydrogen) atoms. The number of halogens is 1. The molecule has 7 heteroatoms. The molecule has 2 aromatic carbocycles. The van der Waals surface area contributed by atoms with E-state index in [1.807, 2.05) is 0 Å². The summed E-state index contributed by atoms with van der Waals surface area (Å²) in [6, 6.07) is 13.4. The molecular formula is C19H21ClN4O2. The Balaban J connectivity index is 1.43. The van der Waals surface area contributed by atoms with Gasteiger partial charge in [0.05, 0.1) is 6.54 Å². The van der Waals surface area contributed by atoms with Gasteiger partial charge in [-0.05, 0) is 73.8 Å². The summed E-state index contributed by atoms with van der Waals surface area (Å²) in [6.45, 7) is 1.21. The second-order valence-corrected chi connectivity index (χ2v) is 6.72. The summed E-state index contributed by atoms with van der Waals surface area (Å²) in [5, 5.41) is 12.0. The zero-order valence-corrected chi connectivity index (χ0v) is 15.0. The molecule has 0 atom stereocenters. The molecule has 0 unspecified atom stereocenters. The van der Waals surface area contributed by atoms with E-state index < -0.39 is 0 Å². The zero-order chi connectivity index (χ0) is 18.4. The summed E-state index contributed by atoms with van der Waals surface area (Å²) >= 11 is 5.81. The number of rotatable bonds is 7. The van der Waals surface area contributed by atoms with Crippen LogP contribution in [0.3, 0.4) is 0 Å². The van der Waals surface area contributed by atoms with E-state index in [-0.39, 0.29) is 11.9 Å². The first-order valence-electron chi connectivity index (χ1n) is 8.53. The highest BCUT2D eigenvalue weighted by Crippen LogP contribution is 2.27. The van der Waals surface area contributed by atoms with E-state index in [0.29, 0.717) is 28.6 Å². The Morgan fingerprint density at radius 2 is 1.35 bits per heavy atom. The molecule has 136 valence electrons. The molecule has 0 heterocycles. The largest absolute Gasteiger partial charge is 0.325 e. The quantitative estimate of drug-likeness (QED) is 0.594. The van der Waals surface area contributed by atoms with Crippen molar-refractivity contribution >= 4 is 40.6 Å². The Labute approximate surface area is 157 Å². The van der Waals surface area contributed by atoms with Gasteiger partial charge in [0.1, 0.15) is 0 Å². The van der Waals surface area contributed by atoms with Gasteiger partial charge in [-0.3, -0.25) is 4.79 Å². The predicted octanol–water partition coefficient (Wildman–Crippen LogP) is 3.92. The fourth-order valence-electron chi connectivity index (χ4n) is 2.38. The highest BCUT2D eigenvalue weighted by Gasteiger charge is 2.20. The van der Waals surface area contributed by atoms with Gasteiger partial charge < -0.3 is 21.3 Å². The lowest BCUT2D eigenvalue weighted by atomic mass is 10.2. The van der Waals surface area contributed by atoms with Gasteiger partial charge in [-0.2, -0.15) is 0 Å². The summed E-state index contributed by atoms with van der Waals surface area (Å²) in [5.74, 6) is 0.666. The fraction of sp³-hybridized carbons (Fsp3) is 0.263. The number of benzene rings is 2. The summed E-state index contributed by atoms with van der Waals surface area (Å²) in [7, 11) is 0. The minimum Gasteiger partial charge on any atom is -0.325 e. The molecule has 3 rings (SSSR count). The first-order chi connectivity index (χ1) is 12.6. The van der Waals surface area contributed by atoms with Crippen LogP contribution >= 0.6 is 11.6 Å². The molecule has 0 aromatic heterocycles. The number of amides is 3. The highest BCUT2D eigenvalue weighted by atomic mass is 35.5. The van der Waals surface area contributed by atoms with E-state index in [9.17, 15) is 9.59 Å². The van der Waals surface area contributed by atoms with Crippen LogP contribution in [0.15, 0.2) is 48.5 Å². The van der Waals surface area contributed by atoms with Gasteiger partial charge in [0.15, 0.2) is 0 Å². The molecule has 0 spiro atoms. The molecule has 0 aliphatic heterocycles. The average molecular weight is 373 g/mol. The number of urea groups is 1. The number of hydrogen-bond donors (Lipinski definition) is 4. The molecule has 1 aliphatic rings. The van der Waals surface area contributed by atoms with Gasteiger partial charge in [-0.1, -0.05) is 11.6 Å². The summed E-state index contributed by atoms with van der Waals surface area (Å²) < 4.78 is 0. The first kappa shape index (κ1) is 18.2. The normalized spacial score (nSPS) is 13.1. The third-order valence-corrected chi connectivity index (χ3v) is 4.20. The maximum Gasteiger partial charge on any atom is 0.323 e. The lowest BCUT2D eigenvalue weighted by Crippen LogP contribution is -2.29. The van der Waals surface area contributed by atoms with Gasteiger partial charge in [-0.25, -0.2) is 4.79 Å². The van der Waals surface area contributed by atoms with Gasteiger partial charge >= 0.3 is 6.03 Å². The second kappa shape index (κ2) is 8.69. The van der Waals surface area contributed by atoms with Crippen LogP contribution in [0.1, 0.15) is 12.8 Å². The van der Waals surface area contributed by atoms with Crippen LogP contribution in [0.2, 0.25) is 5.02 Å². The van der Waals surface area contributed by atoms with Crippen molar-refractivity contribution in [1.82, 2.24) is 5.32 Å². The first-order valence-corrected chi connectivity index (χ1v) is 8.90. The van der Waals surface area contributed by atoms with Gasteiger partial charge in [-0.15, -0.1) is 0 Å². The van der Waals surface area contributed by atoms with Gasteiger partial charge in [0, 0.05) is 22.1 Å². The van der Waals surface area contributed by atoms with Crippen molar-refractivity contribution in [3.05, 3.63) is 53.6 Å². The maximum atomic E-state index is 12.0. The van der Waals surface area contributed by atoms with E-state index in [4.69, 9.17) is 11.6 Å². The Hall–Kier alpha value is -2.57. The predicted molar refractivity (Wildman–Crippen MR) is 105 cm³/mol. The van der Waals surface area contributed by atoms with Gasteiger partial charge in [0.25, 0.3) is 0 Å². The molecule has 2 aromatic rings. The molecular weight excluding hydrogens is 352 g/mol. The van der Waals surface area contributed by atoms with Crippen molar-refractivity contribution < 1.29 is 9.59 Å². The molecule has 3 amide bonds. The Morgan fingerprint density at radius 3 is 1.88 bits per heavy atom. The SMILES string of the molecule is O=C(CNCC1CC1)Nc1ccc(NC(=O)Nc2ccc(Cl)cc2)cc1. The smallest absolute Gasteiger partial charge is 0.323 e. The number of nitrogens with one attached hydrogen (secondary N) is 4. The topological polar surface area (TPSA) is 82.3 Å². The molecule has 4 N–H and O–H groups in total. The van der Waals surface area contributed by atoms with Crippen molar-refractivity contribution in [2.45, 2.75) is 12.8 Å². The summed E-state index contributed by atoms with van der Waals surface area (Å²) in [6.07, 6.45) is 2.52. The Bertz CT molecular complexity index is 758. The van der Waals surface area contributed by atoms with Crippen LogP contribution in [-0.4, -0.2) is 25.0 Å². The number of anilines is 3. The van der Waals surface area contributed by atoms with Crippen molar-refractivity contribution in [2.75, 3.05) is 29.0 Å². The van der Waals surface area contributed by atoms with E-state index in [2.05, 4.69) is 21.3 Å². The van der Waals surface area contributed by atoms with Crippen LogP contribution in [0, 0.1) is 5.92 Å². The van der Waals surface area contributed by atoms with Crippen molar-refractivity contribution in [2.24, 2.45) is 5.92 Å². The molecule has 6 nitrogen and oxygen atoms in total. The Kier molecular flexibility index (Phi) is 6.09. The Morgan fingerprint density at radius 1 is 0.846 bits per heavy atom. The molecule has 0 bridgehead atoms. The molecule has 1 fully saturated rings. The summed E-state index contributed by atoms with van der Waals surface area (Å²) in [5.41, 5.74) is 1.96. The lowest BCUT2D eigenvalue weighted by molar-refractivity contribution is -0.115. The van der Waals surface area contributed by atoms with E-state index in [0.717, 1.165) is 12.5 Å². The standard InChI is InChI=1S/C19H21ClN4O2/c20-14-3-5-16(6-4-14)23-19(26)24-17-9-7-15(8-10-17)22-18(25)12-21-11-13-1-2-13/h3-10,13,21H,1-2,11-12H2,(H,22,25)(H2,23,24,26). The molecule has 1 aliphatic carbocycles. The average Bonchev–Trinajstić information content (AvgIpc) is 3.43. The van der Waals surface area contributed by atoms with Crippen molar-refractivity contribution in [3.8, 4) is 0 Å². The highest BCUT2D eigenvalue weighted by molar-refractivity contribution is 6.30. The zero-order valence-electron chi connectivity index (χ0n) is 14.2. The molecule has 0 saturated heterocycles. The van der Waals surface area contributed by atoms with Crippen molar-refractivity contribution in [3.63, 3.8) is 0 Å². The van der Waals surface area contributed by atoms with Crippen LogP contribution in [-0.2, 0) is 4.79 Å². The summed E-state index contributed by atoms with van der Waals surface area (Å²) in [4.78, 5) is 23.8. The van der Waals surface area contributed by atoms with Crippen LogP contribution in [0.5, 0.6) is 0 Å². The van der Waals surface area contributed by atoms with E-state index >= 15 is 0 Å². The van der Waals surface area contributed by atoms with E-state index in [1.54, 1.807) is 48.5 Å². The van der Waals surface area contributed by atoms with Crippen LogP contribution in [0.25, 0.3) is 0 Å². The van der Waals surface area contributed by atoms with E-state index in [1.165, 1.54) is 12.8 Å². The van der Waals surface area contributed by atoms with Crippen LogP contribution < -0.4 is 21.3 Å². The second-order valence-electron chi connectivity index (χ2n) is 6.29. The number of hydrogen-bond acceptors (Lipinski definition) is 3. The lowest BCUT2D eigenvalue weighted by Gasteiger charge is -2.09. The monoisotopic (exact) mass is 372 g/mol. The number of carbonyl (C=O) groups is 2. The third kappa shape index (κ3) is 6.06. The molecule has 1 saturated carbocycles. The molecule has 0 radical (unpaired) electrons. The fourth-order valence-corrected chi connectivity index (χ4v) is 2.51. The van der Waals surface area contributed by atoms with Gasteiger partial charge in [0.2, 0.25) is 5.91 Å². The van der Waals surface area contributed by atoms with Crippen molar-refractivity contribution in [1.29, 1.82) is 0 Å². The van der Waals surface area contributed by atoms with Crippen LogP contribution in [0.4, 0.5) is 21.9 Å². The maximum absolute atomic E-state index is 12.0. The minimum absolute atomic E-state index is 0.0770. The number of carbonyl (C=O) groups excluding carboxylic acids is 2.